The highest BCUT2D eigenvalue weighted by Gasteiger charge is 2.36. The minimum absolute atomic E-state index is 0.184. The molecule has 0 saturated carbocycles. The molecule has 3 aromatic carbocycles. The van der Waals surface area contributed by atoms with Crippen LogP contribution in [0, 0.1) is 12.7 Å². The maximum atomic E-state index is 14.5. The molecule has 1 atom stereocenters. The Bertz CT molecular complexity index is 1730. The number of ether oxygens (including phenoxy) is 1. The number of fused-ring (bicyclic) bond motifs is 3. The van der Waals surface area contributed by atoms with E-state index < -0.39 is 23.9 Å². The van der Waals surface area contributed by atoms with Crippen molar-refractivity contribution in [2.75, 3.05) is 12.4 Å². The highest BCUT2D eigenvalue weighted by atomic mass is 19.1. The molecule has 0 bridgehead atoms. The molecule has 1 N–H and O–H groups in total. The molecule has 0 fully saturated rings. The van der Waals surface area contributed by atoms with Gasteiger partial charge in [0.15, 0.2) is 0 Å². The molecule has 1 aliphatic heterocycles. The lowest BCUT2D eigenvalue weighted by Gasteiger charge is -2.31. The van der Waals surface area contributed by atoms with Crippen molar-refractivity contribution < 1.29 is 18.7 Å². The summed E-state index contributed by atoms with van der Waals surface area (Å²) in [5, 5.41) is 7.74. The average molecular weight is 536 g/mol. The Balaban J connectivity index is 1.53. The zero-order valence-electron chi connectivity index (χ0n) is 21.9. The number of esters is 1. The lowest BCUT2D eigenvalue weighted by atomic mass is 10.0. The Morgan fingerprint density at radius 3 is 2.52 bits per heavy atom. The molecule has 0 spiro atoms. The van der Waals surface area contributed by atoms with E-state index in [0.717, 1.165) is 28.5 Å². The highest BCUT2D eigenvalue weighted by Crippen LogP contribution is 2.39. The van der Waals surface area contributed by atoms with Crippen molar-refractivity contribution in [2.45, 2.75) is 19.5 Å². The molecule has 1 aliphatic rings. The third-order valence-corrected chi connectivity index (χ3v) is 7.09. The summed E-state index contributed by atoms with van der Waals surface area (Å²) < 4.78 is 23.3. The van der Waals surface area contributed by atoms with E-state index >= 15 is 0 Å². The fourth-order valence-electron chi connectivity index (χ4n) is 5.24. The summed E-state index contributed by atoms with van der Waals surface area (Å²) in [6.45, 7) is 2.09. The van der Waals surface area contributed by atoms with Gasteiger partial charge in [0.1, 0.15) is 11.6 Å². The van der Waals surface area contributed by atoms with Crippen LogP contribution in [0.1, 0.15) is 38.9 Å². The average Bonchev–Trinajstić information content (AvgIpc) is 3.53. The van der Waals surface area contributed by atoms with Gasteiger partial charge in [-0.25, -0.2) is 18.7 Å². The number of anilines is 1. The number of hydrogen-bond donors (Lipinski definition) is 1. The summed E-state index contributed by atoms with van der Waals surface area (Å²) in [6, 6.07) is 25.4. The number of halogens is 1. The largest absolute Gasteiger partial charge is 0.465 e. The number of urea groups is 1. The first kappa shape index (κ1) is 25.1. The summed E-state index contributed by atoms with van der Waals surface area (Å²) in [6.07, 6.45) is 1.93. The van der Waals surface area contributed by atoms with Crippen LogP contribution in [0.3, 0.4) is 0 Å². The van der Waals surface area contributed by atoms with Crippen LogP contribution in [0.25, 0.3) is 11.5 Å². The van der Waals surface area contributed by atoms with E-state index in [9.17, 15) is 14.0 Å². The van der Waals surface area contributed by atoms with Crippen LogP contribution in [-0.2, 0) is 11.3 Å². The Morgan fingerprint density at radius 1 is 0.975 bits per heavy atom. The summed E-state index contributed by atoms with van der Waals surface area (Å²) in [7, 11) is 1.29. The van der Waals surface area contributed by atoms with Crippen molar-refractivity contribution >= 4 is 17.7 Å². The Hall–Kier alpha value is -5.18. The number of aromatic nitrogens is 3. The zero-order chi connectivity index (χ0) is 27.8. The predicted molar refractivity (Wildman–Crippen MR) is 148 cm³/mol. The molecule has 9 heteroatoms. The number of nitrogens with zero attached hydrogens (tertiary/aromatic N) is 4. The predicted octanol–water partition coefficient (Wildman–Crippen LogP) is 6.03. The quantitative estimate of drug-likeness (QED) is 0.285. The van der Waals surface area contributed by atoms with Crippen LogP contribution in [0.2, 0.25) is 0 Å². The Morgan fingerprint density at radius 2 is 1.75 bits per heavy atom. The molecule has 0 aliphatic carbocycles. The van der Waals surface area contributed by atoms with Gasteiger partial charge in [-0.15, -0.1) is 0 Å². The van der Waals surface area contributed by atoms with Crippen molar-refractivity contribution in [3.05, 3.63) is 131 Å². The number of hydrogen-bond acceptors (Lipinski definition) is 4. The van der Waals surface area contributed by atoms with E-state index in [-0.39, 0.29) is 12.1 Å². The number of aryl methyl sites for hydroxylation is 1. The summed E-state index contributed by atoms with van der Waals surface area (Å²) in [5.74, 6) is -0.166. The molecule has 2 amide bonds. The number of benzene rings is 3. The van der Waals surface area contributed by atoms with E-state index in [1.807, 2.05) is 64.8 Å². The monoisotopic (exact) mass is 535 g/mol. The van der Waals surface area contributed by atoms with Gasteiger partial charge in [-0.1, -0.05) is 42.5 Å². The van der Waals surface area contributed by atoms with Gasteiger partial charge in [-0.2, -0.15) is 5.10 Å². The number of carbonyl (C=O) groups excluding carboxylic acids is 2. The second-order valence-electron chi connectivity index (χ2n) is 9.49. The molecule has 200 valence electrons. The molecule has 0 saturated heterocycles. The zero-order valence-corrected chi connectivity index (χ0v) is 21.9. The summed E-state index contributed by atoms with van der Waals surface area (Å²) in [5.41, 5.74) is 4.39. The van der Waals surface area contributed by atoms with Gasteiger partial charge in [0.25, 0.3) is 0 Å². The van der Waals surface area contributed by atoms with Crippen LogP contribution < -0.4 is 5.32 Å². The second-order valence-corrected chi connectivity index (χ2v) is 9.49. The number of rotatable bonds is 4. The van der Waals surface area contributed by atoms with Crippen molar-refractivity contribution in [3.63, 3.8) is 0 Å². The van der Waals surface area contributed by atoms with Gasteiger partial charge in [-0.05, 0) is 61.0 Å². The molecular weight excluding hydrogens is 509 g/mol. The van der Waals surface area contributed by atoms with E-state index in [4.69, 9.17) is 9.84 Å². The molecule has 0 unspecified atom stereocenters. The van der Waals surface area contributed by atoms with Crippen LogP contribution in [0.15, 0.2) is 97.2 Å². The summed E-state index contributed by atoms with van der Waals surface area (Å²) >= 11 is 0. The van der Waals surface area contributed by atoms with Crippen molar-refractivity contribution in [2.24, 2.45) is 0 Å². The second kappa shape index (κ2) is 10.2. The molecule has 3 heterocycles. The number of methoxy groups -OCH3 is 1. The fourth-order valence-corrected chi connectivity index (χ4v) is 5.24. The van der Waals surface area contributed by atoms with Crippen LogP contribution in [0.5, 0.6) is 0 Å². The van der Waals surface area contributed by atoms with Crippen LogP contribution in [0.4, 0.5) is 14.9 Å². The minimum Gasteiger partial charge on any atom is -0.465 e. The van der Waals surface area contributed by atoms with Crippen molar-refractivity contribution in [1.82, 2.24) is 19.2 Å². The SMILES string of the molecule is COC(=O)c1ccccc1NC(=O)N1Cc2c(C)nn(-c3ccccc3)c2-n2cccc2[C@@H]1c1cccc(F)c1. The first-order valence-electron chi connectivity index (χ1n) is 12.8. The Kier molecular flexibility index (Phi) is 6.39. The maximum Gasteiger partial charge on any atom is 0.339 e. The molecule has 5 aromatic rings. The first-order chi connectivity index (χ1) is 19.5. The third kappa shape index (κ3) is 4.31. The van der Waals surface area contributed by atoms with Crippen LogP contribution >= 0.6 is 0 Å². The molecule has 40 heavy (non-hydrogen) atoms. The Labute approximate surface area is 230 Å². The highest BCUT2D eigenvalue weighted by molar-refractivity contribution is 6.01. The molecule has 0 radical (unpaired) electrons. The third-order valence-electron chi connectivity index (χ3n) is 7.09. The van der Waals surface area contributed by atoms with Crippen molar-refractivity contribution in [1.29, 1.82) is 0 Å². The van der Waals surface area contributed by atoms with Gasteiger partial charge in [0.2, 0.25) is 0 Å². The van der Waals surface area contributed by atoms with Gasteiger partial charge in [-0.3, -0.25) is 0 Å². The number of para-hydroxylation sites is 2. The maximum absolute atomic E-state index is 14.5. The van der Waals surface area contributed by atoms with Crippen LogP contribution in [-0.4, -0.2) is 38.4 Å². The molecule has 2 aromatic heterocycles. The normalized spacial score (nSPS) is 14.2. The van der Waals surface area contributed by atoms with Gasteiger partial charge in [0, 0.05) is 11.8 Å². The topological polar surface area (TPSA) is 81.4 Å². The van der Waals surface area contributed by atoms with Gasteiger partial charge >= 0.3 is 12.0 Å². The lowest BCUT2D eigenvalue weighted by Crippen LogP contribution is -2.38. The van der Waals surface area contributed by atoms with Gasteiger partial charge in [0.05, 0.1) is 48.0 Å². The molecule has 8 nitrogen and oxygen atoms in total. The van der Waals surface area contributed by atoms with E-state index in [1.54, 1.807) is 41.3 Å². The smallest absolute Gasteiger partial charge is 0.339 e. The summed E-state index contributed by atoms with van der Waals surface area (Å²) in [4.78, 5) is 28.2. The van der Waals surface area contributed by atoms with E-state index in [2.05, 4.69) is 5.32 Å². The number of amides is 2. The van der Waals surface area contributed by atoms with Crippen molar-refractivity contribution in [3.8, 4) is 11.5 Å². The lowest BCUT2D eigenvalue weighted by molar-refractivity contribution is 0.0602. The minimum atomic E-state index is -0.646. The van der Waals surface area contributed by atoms with E-state index in [1.165, 1.54) is 19.2 Å². The first-order valence-corrected chi connectivity index (χ1v) is 12.8. The van der Waals surface area contributed by atoms with E-state index in [0.29, 0.717) is 11.3 Å². The standard InChI is InChI=1S/C31H26FN5O3/c1-20-25-19-36(31(39)33-26-15-7-6-14-24(26)30(38)40-2)28(21-10-8-11-22(32)18-21)27-16-9-17-35(27)29(25)37(34-20)23-12-4-3-5-13-23/h3-18,28H,19H2,1-2H3,(H,33,39)/t28-/m0/s1. The number of nitrogens with one attached hydrogen (secondary N) is 1. The number of carbonyl (C=O) groups is 2. The fraction of sp³-hybridized carbons (Fsp3) is 0.129. The molecular formula is C31H26FN5O3. The molecule has 6 rings (SSSR count). The van der Waals surface area contributed by atoms with Gasteiger partial charge < -0.3 is 19.5 Å².